The number of nitrogens with zero attached hydrogens (tertiary/aromatic N) is 3. The Balaban J connectivity index is 1.95. The van der Waals surface area contributed by atoms with Gasteiger partial charge < -0.3 is 15.2 Å². The fourth-order valence-corrected chi connectivity index (χ4v) is 1.54. The molecule has 3 N–H and O–H groups in total. The minimum absolute atomic E-state index is 0.301. The second-order valence-electron chi connectivity index (χ2n) is 3.84. The molecule has 2 aromatic heterocycles. The number of aromatic nitrogens is 4. The Morgan fingerprint density at radius 1 is 1.61 bits per heavy atom. The molecule has 0 amide bonds. The second kappa shape index (κ2) is 5.61. The maximum Gasteiger partial charge on any atom is 0.364 e. The van der Waals surface area contributed by atoms with Gasteiger partial charge in [0.05, 0.1) is 12.7 Å². The maximum atomic E-state index is 11.3. The number of aliphatic hydroxyl groups excluding tert-OH is 1. The first-order valence-electron chi connectivity index (χ1n) is 5.56. The van der Waals surface area contributed by atoms with E-state index in [0.717, 1.165) is 0 Å². The molecule has 2 rings (SSSR count). The predicted molar refractivity (Wildman–Crippen MR) is 64.6 cm³/mol. The molecule has 0 spiro atoms. The summed E-state index contributed by atoms with van der Waals surface area (Å²) < 4.78 is 5.99. The van der Waals surface area contributed by atoms with E-state index in [0.29, 0.717) is 31.0 Å². The van der Waals surface area contributed by atoms with Crippen molar-refractivity contribution in [3.63, 3.8) is 0 Å². The lowest BCUT2D eigenvalue weighted by atomic mass is 10.2. The average molecular weight is 253 g/mol. The highest BCUT2D eigenvalue weighted by Gasteiger charge is 2.05. The lowest BCUT2D eigenvalue weighted by Gasteiger charge is -2.10. The predicted octanol–water partition coefficient (Wildman–Crippen LogP) is -0.773. The van der Waals surface area contributed by atoms with Crippen LogP contribution in [0, 0.1) is 0 Å². The minimum Gasteiger partial charge on any atom is -0.391 e. The number of hydrogen-bond donors (Lipinski definition) is 3. The highest BCUT2D eigenvalue weighted by Crippen LogP contribution is 2.03. The van der Waals surface area contributed by atoms with Crippen LogP contribution >= 0.6 is 0 Å². The van der Waals surface area contributed by atoms with Gasteiger partial charge in [0.15, 0.2) is 5.65 Å². The summed E-state index contributed by atoms with van der Waals surface area (Å²) in [6, 6.07) is 3.40. The standard InChI is InChI=1S/C10H15N5O3/c1-18-6-7(16)4-5-11-8-2-3-9-12-13-10(17)15(9)14-8/h2-3,7,16H,4-6H2,1H3,(H,11,14)(H,13,17). The molecular weight excluding hydrogens is 238 g/mol. The molecule has 0 saturated heterocycles. The monoisotopic (exact) mass is 253 g/mol. The Bertz CT molecular complexity index is 564. The van der Waals surface area contributed by atoms with Gasteiger partial charge in [-0.3, -0.25) is 0 Å². The van der Waals surface area contributed by atoms with Gasteiger partial charge in [0.25, 0.3) is 0 Å². The van der Waals surface area contributed by atoms with E-state index < -0.39 is 6.10 Å². The zero-order valence-electron chi connectivity index (χ0n) is 9.96. The van der Waals surface area contributed by atoms with Crippen LogP contribution in [0.2, 0.25) is 0 Å². The van der Waals surface area contributed by atoms with Crippen LogP contribution in [0.15, 0.2) is 16.9 Å². The molecule has 0 saturated carbocycles. The molecule has 8 heteroatoms. The highest BCUT2D eigenvalue weighted by molar-refractivity contribution is 5.42. The summed E-state index contributed by atoms with van der Waals surface area (Å²) in [4.78, 5) is 11.3. The van der Waals surface area contributed by atoms with Crippen molar-refractivity contribution < 1.29 is 9.84 Å². The summed E-state index contributed by atoms with van der Waals surface area (Å²) >= 11 is 0. The van der Waals surface area contributed by atoms with Crippen LogP contribution < -0.4 is 11.0 Å². The lowest BCUT2D eigenvalue weighted by Crippen LogP contribution is -2.19. The number of rotatable bonds is 6. The number of nitrogens with one attached hydrogen (secondary N) is 2. The van der Waals surface area contributed by atoms with Crippen molar-refractivity contribution in [3.8, 4) is 0 Å². The van der Waals surface area contributed by atoms with Crippen LogP contribution in [-0.2, 0) is 4.74 Å². The van der Waals surface area contributed by atoms with Crippen LogP contribution in [-0.4, -0.2) is 51.3 Å². The summed E-state index contributed by atoms with van der Waals surface area (Å²) in [7, 11) is 1.54. The number of anilines is 1. The number of methoxy groups -OCH3 is 1. The Morgan fingerprint density at radius 3 is 3.22 bits per heavy atom. The molecule has 0 aliphatic heterocycles. The Labute approximate surface area is 103 Å². The zero-order chi connectivity index (χ0) is 13.0. The Kier molecular flexibility index (Phi) is 3.90. The van der Waals surface area contributed by atoms with Crippen LogP contribution in [0.1, 0.15) is 6.42 Å². The number of hydrogen-bond acceptors (Lipinski definition) is 6. The summed E-state index contributed by atoms with van der Waals surface area (Å²) in [5.74, 6) is 0.551. The van der Waals surface area contributed by atoms with Crippen molar-refractivity contribution in [2.75, 3.05) is 25.6 Å². The third-order valence-corrected chi connectivity index (χ3v) is 2.42. The van der Waals surface area contributed by atoms with E-state index in [-0.39, 0.29) is 5.69 Å². The fourth-order valence-electron chi connectivity index (χ4n) is 1.54. The van der Waals surface area contributed by atoms with Gasteiger partial charge in [-0.25, -0.2) is 9.89 Å². The van der Waals surface area contributed by atoms with E-state index in [1.807, 2.05) is 0 Å². The first kappa shape index (κ1) is 12.5. The number of H-pyrrole nitrogens is 1. The molecule has 8 nitrogen and oxygen atoms in total. The SMILES string of the molecule is COCC(O)CCNc1ccc2n[nH]c(=O)n2n1. The van der Waals surface area contributed by atoms with Crippen molar-refractivity contribution in [3.05, 3.63) is 22.6 Å². The number of ether oxygens (including phenoxy) is 1. The fraction of sp³-hybridized carbons (Fsp3) is 0.500. The van der Waals surface area contributed by atoms with E-state index >= 15 is 0 Å². The van der Waals surface area contributed by atoms with Crippen molar-refractivity contribution in [1.29, 1.82) is 0 Å². The van der Waals surface area contributed by atoms with E-state index in [2.05, 4.69) is 20.6 Å². The maximum absolute atomic E-state index is 11.3. The lowest BCUT2D eigenvalue weighted by molar-refractivity contribution is 0.0615. The van der Waals surface area contributed by atoms with E-state index in [1.165, 1.54) is 11.6 Å². The molecular formula is C10H15N5O3. The van der Waals surface area contributed by atoms with Crippen molar-refractivity contribution >= 4 is 11.5 Å². The molecule has 0 aliphatic rings. The molecule has 0 bridgehead atoms. The first-order valence-corrected chi connectivity index (χ1v) is 5.56. The molecule has 0 fully saturated rings. The Morgan fingerprint density at radius 2 is 2.44 bits per heavy atom. The summed E-state index contributed by atoms with van der Waals surface area (Å²) in [5.41, 5.74) is 0.0815. The van der Waals surface area contributed by atoms with Crippen LogP contribution in [0.4, 0.5) is 5.82 Å². The van der Waals surface area contributed by atoms with Gasteiger partial charge in [-0.2, -0.15) is 9.61 Å². The molecule has 1 unspecified atom stereocenters. The molecule has 2 aromatic rings. The number of aromatic amines is 1. The van der Waals surface area contributed by atoms with Gasteiger partial charge in [0.2, 0.25) is 0 Å². The van der Waals surface area contributed by atoms with Gasteiger partial charge in [-0.05, 0) is 18.6 Å². The number of fused-ring (bicyclic) bond motifs is 1. The third-order valence-electron chi connectivity index (χ3n) is 2.42. The van der Waals surface area contributed by atoms with Gasteiger partial charge in [0.1, 0.15) is 5.82 Å². The largest absolute Gasteiger partial charge is 0.391 e. The van der Waals surface area contributed by atoms with Crippen molar-refractivity contribution in [2.24, 2.45) is 0 Å². The molecule has 0 aliphatic carbocycles. The second-order valence-corrected chi connectivity index (χ2v) is 3.84. The minimum atomic E-state index is -0.511. The number of aliphatic hydroxyl groups is 1. The molecule has 0 radical (unpaired) electrons. The van der Waals surface area contributed by atoms with Gasteiger partial charge in [-0.15, -0.1) is 5.10 Å². The normalized spacial score (nSPS) is 12.8. The van der Waals surface area contributed by atoms with E-state index in [1.54, 1.807) is 12.1 Å². The van der Waals surface area contributed by atoms with Gasteiger partial charge in [-0.1, -0.05) is 0 Å². The highest BCUT2D eigenvalue weighted by atomic mass is 16.5. The summed E-state index contributed by atoms with van der Waals surface area (Å²) in [6.07, 6.45) is 0.0243. The van der Waals surface area contributed by atoms with E-state index in [4.69, 9.17) is 4.74 Å². The van der Waals surface area contributed by atoms with Crippen LogP contribution in [0.3, 0.4) is 0 Å². The third kappa shape index (κ3) is 2.84. The van der Waals surface area contributed by atoms with E-state index in [9.17, 15) is 9.90 Å². The topological polar surface area (TPSA) is 105 Å². The smallest absolute Gasteiger partial charge is 0.364 e. The van der Waals surface area contributed by atoms with Crippen molar-refractivity contribution in [1.82, 2.24) is 19.8 Å². The quantitative estimate of drug-likeness (QED) is 0.624. The summed E-state index contributed by atoms with van der Waals surface area (Å²) in [6.45, 7) is 0.838. The summed E-state index contributed by atoms with van der Waals surface area (Å²) in [5, 5.41) is 22.6. The van der Waals surface area contributed by atoms with Crippen LogP contribution in [0.5, 0.6) is 0 Å². The van der Waals surface area contributed by atoms with Crippen molar-refractivity contribution in [2.45, 2.75) is 12.5 Å². The molecule has 1 atom stereocenters. The molecule has 18 heavy (non-hydrogen) atoms. The molecule has 0 aromatic carbocycles. The first-order chi connectivity index (χ1) is 8.70. The van der Waals surface area contributed by atoms with Gasteiger partial charge in [0, 0.05) is 13.7 Å². The Hall–Kier alpha value is -1.93. The zero-order valence-corrected chi connectivity index (χ0v) is 9.96. The molecule has 2 heterocycles. The molecule has 98 valence electrons. The van der Waals surface area contributed by atoms with Crippen LogP contribution in [0.25, 0.3) is 5.65 Å². The van der Waals surface area contributed by atoms with Gasteiger partial charge >= 0.3 is 5.69 Å². The average Bonchev–Trinajstić information content (AvgIpc) is 2.71.